The number of aliphatic hydroxyl groups is 1. The predicted molar refractivity (Wildman–Crippen MR) is 83.2 cm³/mol. The third kappa shape index (κ3) is 8.16. The van der Waals surface area contributed by atoms with Gasteiger partial charge in [0.15, 0.2) is 0 Å². The highest BCUT2D eigenvalue weighted by atomic mass is 16.5. The Hall–Kier alpha value is -0.950. The van der Waals surface area contributed by atoms with E-state index in [-0.39, 0.29) is 12.0 Å². The van der Waals surface area contributed by atoms with E-state index >= 15 is 0 Å². The van der Waals surface area contributed by atoms with Gasteiger partial charge in [-0.3, -0.25) is 14.6 Å². The van der Waals surface area contributed by atoms with E-state index in [0.717, 1.165) is 39.0 Å². The first-order valence-electron chi connectivity index (χ1n) is 7.65. The lowest BCUT2D eigenvalue weighted by atomic mass is 10.1. The van der Waals surface area contributed by atoms with Gasteiger partial charge in [0.05, 0.1) is 19.3 Å². The fourth-order valence-corrected chi connectivity index (χ4v) is 2.38. The number of hydrogen-bond acceptors (Lipinski definition) is 5. The Balaban J connectivity index is 2.14. The summed E-state index contributed by atoms with van der Waals surface area (Å²) >= 11 is 0. The molecule has 6 nitrogen and oxygen atoms in total. The molecule has 0 radical (unpaired) electrons. The minimum absolute atomic E-state index is 0.0477. The van der Waals surface area contributed by atoms with Crippen LogP contribution in [0.25, 0.3) is 0 Å². The van der Waals surface area contributed by atoms with Crippen molar-refractivity contribution in [1.82, 2.24) is 15.1 Å². The molecule has 6 heteroatoms. The van der Waals surface area contributed by atoms with E-state index in [0.29, 0.717) is 26.2 Å². The Kier molecular flexibility index (Phi) is 9.25. The first-order chi connectivity index (χ1) is 10.2. The zero-order chi connectivity index (χ0) is 15.5. The number of carbonyl (C=O) groups excluding carboxylic acids is 1. The minimum atomic E-state index is -0.285. The van der Waals surface area contributed by atoms with E-state index in [2.05, 4.69) is 21.7 Å². The van der Waals surface area contributed by atoms with Crippen molar-refractivity contribution in [1.29, 1.82) is 0 Å². The number of methoxy groups -OCH3 is 1. The molecule has 1 amide bonds. The molecule has 0 spiro atoms. The Morgan fingerprint density at radius 2 is 2.05 bits per heavy atom. The van der Waals surface area contributed by atoms with Crippen molar-refractivity contribution in [3.8, 4) is 0 Å². The molecule has 1 aliphatic heterocycles. The van der Waals surface area contributed by atoms with Gasteiger partial charge in [-0.2, -0.15) is 0 Å². The minimum Gasteiger partial charge on any atom is -0.392 e. The number of hydrogen-bond donors (Lipinski definition) is 2. The summed E-state index contributed by atoms with van der Waals surface area (Å²) in [6.45, 7) is 9.45. The van der Waals surface area contributed by atoms with Crippen LogP contribution in [0.15, 0.2) is 12.7 Å². The zero-order valence-electron chi connectivity index (χ0n) is 13.1. The van der Waals surface area contributed by atoms with Gasteiger partial charge in [-0.25, -0.2) is 0 Å². The molecule has 0 aromatic heterocycles. The third-order valence-corrected chi connectivity index (χ3v) is 3.63. The highest BCUT2D eigenvalue weighted by Crippen LogP contribution is 2.05. The van der Waals surface area contributed by atoms with Gasteiger partial charge in [-0.1, -0.05) is 6.08 Å². The summed E-state index contributed by atoms with van der Waals surface area (Å²) in [6.07, 6.45) is 3.17. The van der Waals surface area contributed by atoms with E-state index in [1.165, 1.54) is 0 Å². The van der Waals surface area contributed by atoms with Gasteiger partial charge in [-0.05, 0) is 12.8 Å². The van der Waals surface area contributed by atoms with Crippen LogP contribution in [-0.4, -0.2) is 86.4 Å². The van der Waals surface area contributed by atoms with Crippen molar-refractivity contribution in [3.05, 3.63) is 12.7 Å². The number of rotatable bonds is 10. The molecule has 1 rings (SSSR count). The predicted octanol–water partition coefficient (Wildman–Crippen LogP) is -0.306. The summed E-state index contributed by atoms with van der Waals surface area (Å²) in [7, 11) is 1.62. The van der Waals surface area contributed by atoms with E-state index < -0.39 is 0 Å². The second-order valence-electron chi connectivity index (χ2n) is 5.44. The Labute approximate surface area is 127 Å². The van der Waals surface area contributed by atoms with Crippen molar-refractivity contribution in [2.45, 2.75) is 18.9 Å². The van der Waals surface area contributed by atoms with E-state index in [1.54, 1.807) is 7.11 Å². The Bertz CT molecular complexity index is 305. The second kappa shape index (κ2) is 10.7. The van der Waals surface area contributed by atoms with Gasteiger partial charge in [-0.15, -0.1) is 6.58 Å². The van der Waals surface area contributed by atoms with Gasteiger partial charge in [0.1, 0.15) is 0 Å². The maximum Gasteiger partial charge on any atom is 0.234 e. The number of carbonyl (C=O) groups is 1. The molecule has 122 valence electrons. The smallest absolute Gasteiger partial charge is 0.234 e. The number of nitrogens with one attached hydrogen (secondary N) is 1. The lowest BCUT2D eigenvalue weighted by molar-refractivity contribution is -0.122. The molecule has 2 N–H and O–H groups in total. The van der Waals surface area contributed by atoms with Crippen molar-refractivity contribution >= 4 is 5.91 Å². The monoisotopic (exact) mass is 299 g/mol. The molecule has 1 unspecified atom stereocenters. The molecular formula is C15H29N3O3. The van der Waals surface area contributed by atoms with E-state index in [1.807, 2.05) is 6.08 Å². The summed E-state index contributed by atoms with van der Waals surface area (Å²) in [6, 6.07) is 0. The molecule has 1 heterocycles. The fourth-order valence-electron chi connectivity index (χ4n) is 2.38. The van der Waals surface area contributed by atoms with Gasteiger partial charge in [0, 0.05) is 46.4 Å². The quantitative estimate of drug-likeness (QED) is 0.428. The lowest BCUT2D eigenvalue weighted by Gasteiger charge is -2.35. The van der Waals surface area contributed by atoms with Crippen LogP contribution in [0.4, 0.5) is 0 Å². The molecule has 1 saturated heterocycles. The van der Waals surface area contributed by atoms with Crippen molar-refractivity contribution in [3.63, 3.8) is 0 Å². The number of ether oxygens (including phenoxy) is 1. The number of β-amino-alcohol motifs (C(OH)–C–C–N with tert-alkyl or cyclic N) is 1. The summed E-state index contributed by atoms with van der Waals surface area (Å²) in [5, 5.41) is 12.7. The highest BCUT2D eigenvalue weighted by molar-refractivity contribution is 5.77. The third-order valence-electron chi connectivity index (χ3n) is 3.63. The van der Waals surface area contributed by atoms with Crippen LogP contribution in [0.5, 0.6) is 0 Å². The molecule has 1 fully saturated rings. The number of aliphatic hydroxyl groups excluding tert-OH is 1. The highest BCUT2D eigenvalue weighted by Gasteiger charge is 2.20. The van der Waals surface area contributed by atoms with Crippen LogP contribution >= 0.6 is 0 Å². The standard InChI is InChI=1S/C15H29N3O3/c1-3-4-5-14(19)12-17-7-9-18(10-8-17)13-15(20)16-6-11-21-2/h3,14,19H,1,4-13H2,2H3,(H,16,20). The van der Waals surface area contributed by atoms with Crippen molar-refractivity contribution in [2.75, 3.05) is 59.5 Å². The second-order valence-corrected chi connectivity index (χ2v) is 5.44. The molecule has 0 aliphatic carbocycles. The number of allylic oxidation sites excluding steroid dienone is 1. The van der Waals surface area contributed by atoms with E-state index in [9.17, 15) is 9.90 Å². The molecule has 0 saturated carbocycles. The van der Waals surface area contributed by atoms with Crippen LogP contribution in [0.2, 0.25) is 0 Å². The van der Waals surface area contributed by atoms with Gasteiger partial charge < -0.3 is 15.2 Å². The Morgan fingerprint density at radius 1 is 1.38 bits per heavy atom. The molecule has 0 aromatic rings. The SMILES string of the molecule is C=CCCC(O)CN1CCN(CC(=O)NCCOC)CC1. The van der Waals surface area contributed by atoms with Crippen molar-refractivity contribution in [2.24, 2.45) is 0 Å². The number of nitrogens with zero attached hydrogens (tertiary/aromatic N) is 2. The van der Waals surface area contributed by atoms with Gasteiger partial charge in [0.2, 0.25) is 5.91 Å². The molecule has 1 atom stereocenters. The first-order valence-corrected chi connectivity index (χ1v) is 7.65. The fraction of sp³-hybridized carbons (Fsp3) is 0.800. The van der Waals surface area contributed by atoms with Crippen LogP contribution in [0, 0.1) is 0 Å². The van der Waals surface area contributed by atoms with Gasteiger partial charge >= 0.3 is 0 Å². The normalized spacial score (nSPS) is 18.4. The van der Waals surface area contributed by atoms with Crippen LogP contribution in [0.1, 0.15) is 12.8 Å². The summed E-state index contributed by atoms with van der Waals surface area (Å²) in [5.74, 6) is 0.0477. The maximum atomic E-state index is 11.7. The van der Waals surface area contributed by atoms with E-state index in [4.69, 9.17) is 4.74 Å². The summed E-state index contributed by atoms with van der Waals surface area (Å²) < 4.78 is 4.90. The maximum absolute atomic E-state index is 11.7. The zero-order valence-corrected chi connectivity index (χ0v) is 13.1. The average Bonchev–Trinajstić information content (AvgIpc) is 2.47. The average molecular weight is 299 g/mol. The summed E-state index contributed by atoms with van der Waals surface area (Å²) in [5.41, 5.74) is 0. The van der Waals surface area contributed by atoms with Crippen LogP contribution in [0.3, 0.4) is 0 Å². The molecular weight excluding hydrogens is 270 g/mol. The number of amides is 1. The molecule has 1 aliphatic rings. The largest absolute Gasteiger partial charge is 0.392 e. The molecule has 0 aromatic carbocycles. The topological polar surface area (TPSA) is 65.0 Å². The summed E-state index contributed by atoms with van der Waals surface area (Å²) in [4.78, 5) is 16.1. The first kappa shape index (κ1) is 18.1. The van der Waals surface area contributed by atoms with Crippen LogP contribution < -0.4 is 5.32 Å². The van der Waals surface area contributed by atoms with Crippen molar-refractivity contribution < 1.29 is 14.6 Å². The van der Waals surface area contributed by atoms with Crippen LogP contribution in [-0.2, 0) is 9.53 Å². The van der Waals surface area contributed by atoms with Gasteiger partial charge in [0.25, 0.3) is 0 Å². The number of piperazine rings is 1. The Morgan fingerprint density at radius 3 is 2.67 bits per heavy atom. The molecule has 0 bridgehead atoms. The lowest BCUT2D eigenvalue weighted by Crippen LogP contribution is -2.51. The molecule has 21 heavy (non-hydrogen) atoms.